The lowest BCUT2D eigenvalue weighted by atomic mass is 10.0. The molecule has 104 valence electrons. The summed E-state index contributed by atoms with van der Waals surface area (Å²) in [6, 6.07) is 2.79. The van der Waals surface area contributed by atoms with E-state index in [4.69, 9.17) is 4.74 Å². The fourth-order valence-corrected chi connectivity index (χ4v) is 1.56. The number of amides is 1. The van der Waals surface area contributed by atoms with Crippen LogP contribution >= 0.6 is 0 Å². The van der Waals surface area contributed by atoms with E-state index in [1.54, 1.807) is 19.1 Å². The van der Waals surface area contributed by atoms with Gasteiger partial charge in [0.25, 0.3) is 5.91 Å². The molecular formula is C14H20N2O3. The van der Waals surface area contributed by atoms with Crippen LogP contribution in [0, 0.1) is 12.8 Å². The number of nitrogens with one attached hydrogen (secondary N) is 1. The number of rotatable bonds is 5. The zero-order valence-corrected chi connectivity index (χ0v) is 11.8. The third-order valence-corrected chi connectivity index (χ3v) is 2.67. The molecule has 0 spiro atoms. The molecule has 0 fully saturated rings. The van der Waals surface area contributed by atoms with E-state index in [0.717, 1.165) is 5.69 Å². The molecule has 1 rings (SSSR count). The highest BCUT2D eigenvalue weighted by Gasteiger charge is 2.25. The molecule has 1 aromatic heterocycles. The Kier molecular flexibility index (Phi) is 5.48. The highest BCUT2D eigenvalue weighted by molar-refractivity contribution is 5.96. The first-order chi connectivity index (χ1) is 8.95. The van der Waals surface area contributed by atoms with Gasteiger partial charge >= 0.3 is 5.97 Å². The molecule has 0 bridgehead atoms. The molecule has 0 aromatic carbocycles. The van der Waals surface area contributed by atoms with Crippen molar-refractivity contribution in [3.05, 3.63) is 29.6 Å². The van der Waals surface area contributed by atoms with Crippen molar-refractivity contribution in [1.82, 2.24) is 10.3 Å². The molecule has 1 N–H and O–H groups in total. The summed E-state index contributed by atoms with van der Waals surface area (Å²) < 4.78 is 4.95. The van der Waals surface area contributed by atoms with Gasteiger partial charge in [-0.05, 0) is 31.9 Å². The van der Waals surface area contributed by atoms with Gasteiger partial charge in [0.15, 0.2) is 0 Å². The van der Waals surface area contributed by atoms with E-state index in [9.17, 15) is 9.59 Å². The Hall–Kier alpha value is -1.91. The van der Waals surface area contributed by atoms with E-state index < -0.39 is 12.0 Å². The minimum Gasteiger partial charge on any atom is -0.464 e. The number of aryl methyl sites for hydroxylation is 1. The summed E-state index contributed by atoms with van der Waals surface area (Å²) in [5.74, 6) is -0.772. The maximum absolute atomic E-state index is 12.0. The molecule has 0 aliphatic carbocycles. The molecule has 0 saturated heterocycles. The molecule has 1 atom stereocenters. The Morgan fingerprint density at radius 3 is 2.53 bits per heavy atom. The third-order valence-electron chi connectivity index (χ3n) is 2.67. The predicted octanol–water partition coefficient (Wildman–Crippen LogP) is 1.71. The van der Waals surface area contributed by atoms with Gasteiger partial charge in [-0.15, -0.1) is 0 Å². The van der Waals surface area contributed by atoms with Crippen LogP contribution in [-0.2, 0) is 9.53 Å². The van der Waals surface area contributed by atoms with Crippen molar-refractivity contribution < 1.29 is 14.3 Å². The Balaban J connectivity index is 2.76. The average molecular weight is 264 g/mol. The van der Waals surface area contributed by atoms with Crippen molar-refractivity contribution in [2.24, 2.45) is 5.92 Å². The molecule has 0 aliphatic heterocycles. The molecule has 0 unspecified atom stereocenters. The van der Waals surface area contributed by atoms with Gasteiger partial charge in [0.2, 0.25) is 0 Å². The van der Waals surface area contributed by atoms with Crippen molar-refractivity contribution in [3.63, 3.8) is 0 Å². The number of hydrogen-bond donors (Lipinski definition) is 1. The third kappa shape index (κ3) is 4.35. The van der Waals surface area contributed by atoms with E-state index in [-0.39, 0.29) is 11.8 Å². The normalized spacial score (nSPS) is 12.1. The highest BCUT2D eigenvalue weighted by atomic mass is 16.5. The van der Waals surface area contributed by atoms with Gasteiger partial charge in [0.05, 0.1) is 12.2 Å². The fourth-order valence-electron chi connectivity index (χ4n) is 1.56. The lowest BCUT2D eigenvalue weighted by Gasteiger charge is -2.20. The molecule has 1 amide bonds. The van der Waals surface area contributed by atoms with Gasteiger partial charge in [-0.3, -0.25) is 9.78 Å². The summed E-state index contributed by atoms with van der Waals surface area (Å²) in [6.07, 6.45) is 1.49. The van der Waals surface area contributed by atoms with Crippen molar-refractivity contribution in [3.8, 4) is 0 Å². The molecule has 1 aromatic rings. The Bertz CT molecular complexity index is 441. The zero-order valence-electron chi connectivity index (χ0n) is 11.8. The molecular weight excluding hydrogens is 244 g/mol. The summed E-state index contributed by atoms with van der Waals surface area (Å²) in [4.78, 5) is 27.8. The number of carbonyl (C=O) groups excluding carboxylic acids is 2. The zero-order chi connectivity index (χ0) is 14.4. The number of carbonyl (C=O) groups is 2. The Labute approximate surface area is 113 Å². The van der Waals surface area contributed by atoms with E-state index >= 15 is 0 Å². The molecule has 1 heterocycles. The largest absolute Gasteiger partial charge is 0.464 e. The molecule has 0 saturated carbocycles. The maximum atomic E-state index is 12.0. The molecule has 0 radical (unpaired) electrons. The van der Waals surface area contributed by atoms with E-state index in [2.05, 4.69) is 10.3 Å². The SMILES string of the molecule is CCOC(=O)[C@@H](NC(=O)c1ccc(C)nc1)C(C)C. The number of nitrogens with zero attached hydrogens (tertiary/aromatic N) is 1. The topological polar surface area (TPSA) is 68.3 Å². The van der Waals surface area contributed by atoms with Crippen LogP contribution in [0.5, 0.6) is 0 Å². The second-order valence-electron chi connectivity index (χ2n) is 4.64. The number of hydrogen-bond acceptors (Lipinski definition) is 4. The van der Waals surface area contributed by atoms with E-state index in [1.165, 1.54) is 6.20 Å². The predicted molar refractivity (Wildman–Crippen MR) is 71.7 cm³/mol. The Morgan fingerprint density at radius 1 is 1.37 bits per heavy atom. The first-order valence-electron chi connectivity index (χ1n) is 6.35. The minimum atomic E-state index is -0.645. The van der Waals surface area contributed by atoms with Gasteiger partial charge in [0.1, 0.15) is 6.04 Å². The summed E-state index contributed by atoms with van der Waals surface area (Å²) in [7, 11) is 0. The van der Waals surface area contributed by atoms with Crippen LogP contribution in [0.3, 0.4) is 0 Å². The summed E-state index contributed by atoms with van der Waals surface area (Å²) >= 11 is 0. The van der Waals surface area contributed by atoms with Crippen LogP contribution in [0.1, 0.15) is 36.8 Å². The van der Waals surface area contributed by atoms with E-state index in [0.29, 0.717) is 12.2 Å². The Morgan fingerprint density at radius 2 is 2.05 bits per heavy atom. The van der Waals surface area contributed by atoms with Crippen LogP contribution < -0.4 is 5.32 Å². The summed E-state index contributed by atoms with van der Waals surface area (Å²) in [5.41, 5.74) is 1.27. The van der Waals surface area contributed by atoms with Gasteiger partial charge < -0.3 is 10.1 Å². The summed E-state index contributed by atoms with van der Waals surface area (Å²) in [6.45, 7) is 7.59. The van der Waals surface area contributed by atoms with Crippen molar-refractivity contribution >= 4 is 11.9 Å². The lowest BCUT2D eigenvalue weighted by Crippen LogP contribution is -2.45. The van der Waals surface area contributed by atoms with Crippen molar-refractivity contribution in [1.29, 1.82) is 0 Å². The molecule has 0 aliphatic rings. The number of aromatic nitrogens is 1. The molecule has 19 heavy (non-hydrogen) atoms. The van der Waals surface area contributed by atoms with Crippen LogP contribution in [0.15, 0.2) is 18.3 Å². The minimum absolute atomic E-state index is 0.0404. The van der Waals surface area contributed by atoms with Gasteiger partial charge in [-0.1, -0.05) is 13.8 Å². The lowest BCUT2D eigenvalue weighted by molar-refractivity contribution is -0.146. The first-order valence-corrected chi connectivity index (χ1v) is 6.35. The van der Waals surface area contributed by atoms with Crippen LogP contribution in [0.4, 0.5) is 0 Å². The second-order valence-corrected chi connectivity index (χ2v) is 4.64. The first kappa shape index (κ1) is 15.1. The van der Waals surface area contributed by atoms with Crippen molar-refractivity contribution in [2.45, 2.75) is 33.7 Å². The number of pyridine rings is 1. The highest BCUT2D eigenvalue weighted by Crippen LogP contribution is 2.06. The second kappa shape index (κ2) is 6.87. The fraction of sp³-hybridized carbons (Fsp3) is 0.500. The number of esters is 1. The molecule has 5 nitrogen and oxygen atoms in total. The number of ether oxygens (including phenoxy) is 1. The van der Waals surface area contributed by atoms with Gasteiger partial charge in [-0.2, -0.15) is 0 Å². The van der Waals surface area contributed by atoms with E-state index in [1.807, 2.05) is 20.8 Å². The maximum Gasteiger partial charge on any atom is 0.328 e. The van der Waals surface area contributed by atoms with Crippen LogP contribution in [0.2, 0.25) is 0 Å². The smallest absolute Gasteiger partial charge is 0.328 e. The van der Waals surface area contributed by atoms with Gasteiger partial charge in [0, 0.05) is 11.9 Å². The average Bonchev–Trinajstić information content (AvgIpc) is 2.36. The summed E-state index contributed by atoms with van der Waals surface area (Å²) in [5, 5.41) is 2.68. The quantitative estimate of drug-likeness (QED) is 0.822. The monoisotopic (exact) mass is 264 g/mol. The molecule has 5 heteroatoms. The van der Waals surface area contributed by atoms with Crippen LogP contribution in [-0.4, -0.2) is 29.5 Å². The van der Waals surface area contributed by atoms with Gasteiger partial charge in [-0.25, -0.2) is 4.79 Å². The van der Waals surface area contributed by atoms with Crippen LogP contribution in [0.25, 0.3) is 0 Å². The standard InChI is InChI=1S/C14H20N2O3/c1-5-19-14(18)12(9(2)3)16-13(17)11-7-6-10(4)15-8-11/h6-9,12H,5H2,1-4H3,(H,16,17)/t12-/m0/s1. The van der Waals surface area contributed by atoms with Crippen molar-refractivity contribution in [2.75, 3.05) is 6.61 Å².